The summed E-state index contributed by atoms with van der Waals surface area (Å²) in [7, 11) is 0. The Hall–Kier alpha value is -2.08. The summed E-state index contributed by atoms with van der Waals surface area (Å²) in [5, 5.41) is 3.02. The van der Waals surface area contributed by atoms with Gasteiger partial charge in [-0.3, -0.25) is 9.59 Å². The van der Waals surface area contributed by atoms with Crippen LogP contribution < -0.4 is 10.2 Å². The number of ether oxygens (including phenoxy) is 1. The standard InChI is InChI=1S/C23H33N3O3/c1-16-4-3-5-21(17(16)2)26-15-18(14-22(26)27)23(28)24-19-6-8-20(9-7-19)25-10-12-29-13-11-25/h6-9,16-18,21H,3-5,10-15H2,1-2H3,(H,24,28)/t16-,17-,18-,21+/m1/s1. The SMILES string of the molecule is C[C@@H]1[C@H](C)CCC[C@@H]1N1C[C@H](C(=O)Nc2ccc(N3CCOCC3)cc2)CC1=O. The highest BCUT2D eigenvalue weighted by molar-refractivity contribution is 5.97. The van der Waals surface area contributed by atoms with Crippen molar-refractivity contribution >= 4 is 23.2 Å². The van der Waals surface area contributed by atoms with Crippen LogP contribution in [0, 0.1) is 17.8 Å². The number of nitrogens with zero attached hydrogens (tertiary/aromatic N) is 2. The molecule has 2 heterocycles. The summed E-state index contributed by atoms with van der Waals surface area (Å²) >= 11 is 0. The average molecular weight is 400 g/mol. The number of carbonyl (C=O) groups is 2. The lowest BCUT2D eigenvalue weighted by Gasteiger charge is -2.40. The van der Waals surface area contributed by atoms with Crippen LogP contribution in [0.5, 0.6) is 0 Å². The van der Waals surface area contributed by atoms with E-state index in [1.807, 2.05) is 29.2 Å². The minimum atomic E-state index is -0.258. The van der Waals surface area contributed by atoms with Crippen LogP contribution in [0.4, 0.5) is 11.4 Å². The molecule has 0 bridgehead atoms. The Morgan fingerprint density at radius 3 is 2.55 bits per heavy atom. The normalized spacial score (nSPS) is 30.5. The largest absolute Gasteiger partial charge is 0.378 e. The molecular formula is C23H33N3O3. The van der Waals surface area contributed by atoms with Gasteiger partial charge in [-0.25, -0.2) is 0 Å². The highest BCUT2D eigenvalue weighted by Crippen LogP contribution is 2.36. The van der Waals surface area contributed by atoms with E-state index in [0.29, 0.717) is 24.8 Å². The minimum absolute atomic E-state index is 0.0449. The monoisotopic (exact) mass is 399 g/mol. The van der Waals surface area contributed by atoms with Crippen molar-refractivity contribution in [2.45, 2.75) is 45.6 Å². The van der Waals surface area contributed by atoms with E-state index in [1.165, 1.54) is 12.8 Å². The first-order valence-corrected chi connectivity index (χ1v) is 11.1. The van der Waals surface area contributed by atoms with Gasteiger partial charge in [-0.05, 0) is 42.5 Å². The maximum Gasteiger partial charge on any atom is 0.229 e. The van der Waals surface area contributed by atoms with Crippen LogP contribution in [0.3, 0.4) is 0 Å². The Morgan fingerprint density at radius 1 is 1.10 bits per heavy atom. The second kappa shape index (κ2) is 8.74. The van der Waals surface area contributed by atoms with Gasteiger partial charge in [-0.2, -0.15) is 0 Å². The number of hydrogen-bond acceptors (Lipinski definition) is 4. The van der Waals surface area contributed by atoms with E-state index in [0.717, 1.165) is 44.1 Å². The van der Waals surface area contributed by atoms with E-state index >= 15 is 0 Å². The molecule has 0 radical (unpaired) electrons. The summed E-state index contributed by atoms with van der Waals surface area (Å²) in [5.41, 5.74) is 1.94. The molecule has 2 amide bonds. The van der Waals surface area contributed by atoms with Gasteiger partial charge in [0.2, 0.25) is 11.8 Å². The molecule has 4 rings (SSSR count). The van der Waals surface area contributed by atoms with E-state index in [-0.39, 0.29) is 23.8 Å². The molecule has 0 aromatic heterocycles. The number of benzene rings is 1. The molecule has 3 aliphatic rings. The fraction of sp³-hybridized carbons (Fsp3) is 0.652. The predicted octanol–water partition coefficient (Wildman–Crippen LogP) is 3.13. The molecular weight excluding hydrogens is 366 g/mol. The molecule has 1 aromatic carbocycles. The topological polar surface area (TPSA) is 61.9 Å². The lowest BCUT2D eigenvalue weighted by molar-refractivity contribution is -0.131. The van der Waals surface area contributed by atoms with Gasteiger partial charge in [0.25, 0.3) is 0 Å². The van der Waals surface area contributed by atoms with Crippen molar-refractivity contribution in [1.29, 1.82) is 0 Å². The lowest BCUT2D eigenvalue weighted by atomic mass is 9.77. The van der Waals surface area contributed by atoms with E-state index < -0.39 is 0 Å². The van der Waals surface area contributed by atoms with Crippen molar-refractivity contribution in [3.8, 4) is 0 Å². The van der Waals surface area contributed by atoms with Crippen LogP contribution in [0.2, 0.25) is 0 Å². The Labute approximate surface area is 173 Å². The van der Waals surface area contributed by atoms with Crippen LogP contribution in [0.1, 0.15) is 39.5 Å². The summed E-state index contributed by atoms with van der Waals surface area (Å²) in [5.74, 6) is 0.975. The van der Waals surface area contributed by atoms with Crippen LogP contribution in [-0.4, -0.2) is 55.6 Å². The van der Waals surface area contributed by atoms with E-state index in [2.05, 4.69) is 24.1 Å². The van der Waals surface area contributed by atoms with Gasteiger partial charge in [-0.15, -0.1) is 0 Å². The first-order chi connectivity index (χ1) is 14.0. The predicted molar refractivity (Wildman–Crippen MR) is 114 cm³/mol. The number of amides is 2. The zero-order valence-electron chi connectivity index (χ0n) is 17.6. The van der Waals surface area contributed by atoms with Gasteiger partial charge in [0.15, 0.2) is 0 Å². The van der Waals surface area contributed by atoms with Gasteiger partial charge in [0, 0.05) is 43.5 Å². The Balaban J connectivity index is 1.34. The van der Waals surface area contributed by atoms with Crippen LogP contribution in [0.25, 0.3) is 0 Å². The second-order valence-corrected chi connectivity index (χ2v) is 8.92. The summed E-state index contributed by atoms with van der Waals surface area (Å²) in [4.78, 5) is 29.7. The molecule has 1 aliphatic carbocycles. The molecule has 2 saturated heterocycles. The fourth-order valence-electron chi connectivity index (χ4n) is 5.04. The number of hydrogen-bond donors (Lipinski definition) is 1. The average Bonchev–Trinajstić information content (AvgIpc) is 3.13. The van der Waals surface area contributed by atoms with E-state index in [4.69, 9.17) is 4.74 Å². The highest BCUT2D eigenvalue weighted by Gasteiger charge is 2.41. The molecule has 0 unspecified atom stereocenters. The third kappa shape index (κ3) is 4.42. The van der Waals surface area contributed by atoms with Gasteiger partial charge < -0.3 is 19.9 Å². The summed E-state index contributed by atoms with van der Waals surface area (Å²) in [6, 6.07) is 8.26. The first-order valence-electron chi connectivity index (χ1n) is 11.1. The van der Waals surface area contributed by atoms with Crippen molar-refractivity contribution in [2.24, 2.45) is 17.8 Å². The zero-order valence-corrected chi connectivity index (χ0v) is 17.6. The lowest BCUT2D eigenvalue weighted by Crippen LogP contribution is -2.45. The first kappa shape index (κ1) is 20.2. The second-order valence-electron chi connectivity index (χ2n) is 8.92. The van der Waals surface area contributed by atoms with Crippen LogP contribution in [-0.2, 0) is 14.3 Å². The van der Waals surface area contributed by atoms with Gasteiger partial charge in [0.05, 0.1) is 19.1 Å². The molecule has 1 aromatic rings. The number of rotatable bonds is 4. The van der Waals surface area contributed by atoms with Crippen molar-refractivity contribution in [2.75, 3.05) is 43.1 Å². The van der Waals surface area contributed by atoms with Crippen LogP contribution in [0.15, 0.2) is 24.3 Å². The maximum absolute atomic E-state index is 12.8. The molecule has 158 valence electrons. The maximum atomic E-state index is 12.8. The van der Waals surface area contributed by atoms with Crippen molar-refractivity contribution < 1.29 is 14.3 Å². The van der Waals surface area contributed by atoms with Gasteiger partial charge >= 0.3 is 0 Å². The van der Waals surface area contributed by atoms with Crippen molar-refractivity contribution in [3.63, 3.8) is 0 Å². The third-order valence-electron chi connectivity index (χ3n) is 7.10. The molecule has 0 spiro atoms. The molecule has 6 heteroatoms. The molecule has 1 saturated carbocycles. The quantitative estimate of drug-likeness (QED) is 0.845. The minimum Gasteiger partial charge on any atom is -0.378 e. The van der Waals surface area contributed by atoms with E-state index in [1.54, 1.807) is 0 Å². The Morgan fingerprint density at radius 2 is 1.83 bits per heavy atom. The summed E-state index contributed by atoms with van der Waals surface area (Å²) in [6.07, 6.45) is 3.81. The Kier molecular flexibility index (Phi) is 6.09. The number of carbonyl (C=O) groups excluding carboxylic acids is 2. The smallest absolute Gasteiger partial charge is 0.229 e. The van der Waals surface area contributed by atoms with Gasteiger partial charge in [0.1, 0.15) is 0 Å². The number of anilines is 2. The third-order valence-corrected chi connectivity index (χ3v) is 7.10. The summed E-state index contributed by atoms with van der Waals surface area (Å²) in [6.45, 7) is 8.38. The molecule has 1 N–H and O–H groups in total. The molecule has 4 atom stereocenters. The van der Waals surface area contributed by atoms with Gasteiger partial charge in [-0.1, -0.05) is 26.7 Å². The van der Waals surface area contributed by atoms with Crippen molar-refractivity contribution in [3.05, 3.63) is 24.3 Å². The van der Waals surface area contributed by atoms with Crippen molar-refractivity contribution in [1.82, 2.24) is 4.90 Å². The number of nitrogens with one attached hydrogen (secondary N) is 1. The fourth-order valence-corrected chi connectivity index (χ4v) is 5.04. The highest BCUT2D eigenvalue weighted by atomic mass is 16.5. The molecule has 3 fully saturated rings. The molecule has 6 nitrogen and oxygen atoms in total. The number of likely N-dealkylation sites (tertiary alicyclic amines) is 1. The Bertz CT molecular complexity index is 729. The molecule has 2 aliphatic heterocycles. The van der Waals surface area contributed by atoms with Crippen LogP contribution >= 0.6 is 0 Å². The number of morpholine rings is 1. The van der Waals surface area contributed by atoms with E-state index in [9.17, 15) is 9.59 Å². The molecule has 29 heavy (non-hydrogen) atoms. The summed E-state index contributed by atoms with van der Waals surface area (Å²) < 4.78 is 5.40. The zero-order chi connectivity index (χ0) is 20.4.